The topological polar surface area (TPSA) is 30.5 Å². The van der Waals surface area contributed by atoms with Crippen LogP contribution >= 0.6 is 0 Å². The van der Waals surface area contributed by atoms with Crippen molar-refractivity contribution in [1.29, 1.82) is 0 Å². The summed E-state index contributed by atoms with van der Waals surface area (Å²) in [6.45, 7) is 11.2. The van der Waals surface area contributed by atoms with Crippen LogP contribution in [0.1, 0.15) is 26.3 Å². The molecule has 3 nitrogen and oxygen atoms in total. The Kier molecular flexibility index (Phi) is 5.23. The number of hydrogen-bond acceptors (Lipinski definition) is 3. The van der Waals surface area contributed by atoms with Crippen molar-refractivity contribution >= 4 is 0 Å². The van der Waals surface area contributed by atoms with Gasteiger partial charge in [0.2, 0.25) is 0 Å². The van der Waals surface area contributed by atoms with E-state index in [1.807, 2.05) is 52.1 Å². The second-order valence-corrected chi connectivity index (χ2v) is 4.64. The molecule has 0 heterocycles. The van der Waals surface area contributed by atoms with Gasteiger partial charge in [0.1, 0.15) is 11.5 Å². The summed E-state index contributed by atoms with van der Waals surface area (Å²) in [5, 5.41) is 3.11. The minimum Gasteiger partial charge on any atom is -0.495 e. The first kappa shape index (κ1) is 14.6. The monoisotopic (exact) mass is 249 g/mol. The summed E-state index contributed by atoms with van der Waals surface area (Å²) >= 11 is 0. The highest BCUT2D eigenvalue weighted by Crippen LogP contribution is 2.24. The maximum absolute atomic E-state index is 5.90. The number of rotatable bonds is 7. The molecule has 18 heavy (non-hydrogen) atoms. The summed E-state index contributed by atoms with van der Waals surface area (Å²) in [6, 6.07) is 8.03. The first-order valence-electron chi connectivity index (χ1n) is 6.24. The number of hydrogen-bond donors (Lipinski definition) is 1. The van der Waals surface area contributed by atoms with Crippen LogP contribution in [0.15, 0.2) is 36.6 Å². The van der Waals surface area contributed by atoms with E-state index in [9.17, 15) is 0 Å². The predicted octanol–water partition coefficient (Wildman–Crippen LogP) is 3.11. The molecule has 1 aromatic rings. The molecule has 0 aliphatic carbocycles. The quantitative estimate of drug-likeness (QED) is 0.753. The Morgan fingerprint density at radius 2 is 1.89 bits per heavy atom. The molecule has 0 fully saturated rings. The fourth-order valence-corrected chi connectivity index (χ4v) is 1.58. The van der Waals surface area contributed by atoms with Crippen molar-refractivity contribution in [3.63, 3.8) is 0 Å². The van der Waals surface area contributed by atoms with Gasteiger partial charge < -0.3 is 14.8 Å². The van der Waals surface area contributed by atoms with Crippen LogP contribution in [0, 0.1) is 0 Å². The molecule has 1 rings (SSSR count). The number of ether oxygens (including phenoxy) is 2. The lowest BCUT2D eigenvalue weighted by molar-refractivity contribution is 0.0642. The van der Waals surface area contributed by atoms with E-state index in [2.05, 4.69) is 11.9 Å². The maximum Gasteiger partial charge on any atom is 0.159 e. The van der Waals surface area contributed by atoms with Gasteiger partial charge in [-0.3, -0.25) is 0 Å². The summed E-state index contributed by atoms with van der Waals surface area (Å²) in [5.74, 6) is 1.46. The van der Waals surface area contributed by atoms with Gasteiger partial charge in [-0.15, -0.1) is 0 Å². The zero-order valence-corrected chi connectivity index (χ0v) is 11.7. The van der Waals surface area contributed by atoms with Gasteiger partial charge in [0.15, 0.2) is 5.60 Å². The lowest BCUT2D eigenvalue weighted by Gasteiger charge is -2.28. The van der Waals surface area contributed by atoms with Gasteiger partial charge in [-0.25, -0.2) is 0 Å². The van der Waals surface area contributed by atoms with Crippen molar-refractivity contribution in [1.82, 2.24) is 5.32 Å². The molecule has 3 heteroatoms. The smallest absolute Gasteiger partial charge is 0.159 e. The summed E-state index contributed by atoms with van der Waals surface area (Å²) in [6.07, 6.45) is 0. The third-order valence-corrected chi connectivity index (χ3v) is 2.67. The second kappa shape index (κ2) is 6.45. The van der Waals surface area contributed by atoms with E-state index in [0.29, 0.717) is 12.4 Å². The minimum atomic E-state index is -0.527. The molecule has 1 N–H and O–H groups in total. The molecule has 0 saturated heterocycles. The van der Waals surface area contributed by atoms with Crippen molar-refractivity contribution in [2.45, 2.75) is 32.9 Å². The summed E-state index contributed by atoms with van der Waals surface area (Å²) in [5.41, 5.74) is 0.701. The largest absolute Gasteiger partial charge is 0.495 e. The van der Waals surface area contributed by atoms with E-state index >= 15 is 0 Å². The molecular weight excluding hydrogens is 226 g/mol. The van der Waals surface area contributed by atoms with Crippen LogP contribution in [0.25, 0.3) is 0 Å². The Balaban J connectivity index is 2.68. The molecule has 0 saturated carbocycles. The summed E-state index contributed by atoms with van der Waals surface area (Å²) in [7, 11) is 1.93. The third-order valence-electron chi connectivity index (χ3n) is 2.67. The van der Waals surface area contributed by atoms with Crippen molar-refractivity contribution in [3.8, 4) is 5.75 Å². The molecule has 0 radical (unpaired) electrons. The lowest BCUT2D eigenvalue weighted by atomic mass is 10.1. The SMILES string of the molecule is C=C(OCC)C(C)(C)Oc1ccc(CNC)cc1. The van der Waals surface area contributed by atoms with Crippen LogP contribution in [0.4, 0.5) is 0 Å². The van der Waals surface area contributed by atoms with E-state index in [1.54, 1.807) is 0 Å². The number of benzene rings is 1. The van der Waals surface area contributed by atoms with E-state index in [4.69, 9.17) is 9.47 Å². The van der Waals surface area contributed by atoms with Gasteiger partial charge in [-0.1, -0.05) is 18.7 Å². The predicted molar refractivity (Wildman–Crippen MR) is 74.7 cm³/mol. The highest BCUT2D eigenvalue weighted by molar-refractivity contribution is 5.28. The molecular formula is C15H23NO2. The van der Waals surface area contributed by atoms with Crippen LogP contribution in [0.5, 0.6) is 5.75 Å². The van der Waals surface area contributed by atoms with Crippen LogP contribution < -0.4 is 10.1 Å². The second-order valence-electron chi connectivity index (χ2n) is 4.64. The van der Waals surface area contributed by atoms with Gasteiger partial charge in [-0.2, -0.15) is 0 Å². The van der Waals surface area contributed by atoms with E-state index < -0.39 is 5.60 Å². The Bertz CT molecular complexity index is 382. The minimum absolute atomic E-state index is 0.527. The first-order valence-corrected chi connectivity index (χ1v) is 6.24. The average molecular weight is 249 g/mol. The molecule has 0 spiro atoms. The first-order chi connectivity index (χ1) is 8.49. The Morgan fingerprint density at radius 1 is 1.28 bits per heavy atom. The van der Waals surface area contributed by atoms with Crippen LogP contribution in [-0.4, -0.2) is 19.3 Å². The normalized spacial score (nSPS) is 11.1. The van der Waals surface area contributed by atoms with Crippen LogP contribution in [0.3, 0.4) is 0 Å². The standard InChI is InChI=1S/C15H23NO2/c1-6-17-12(2)15(3,4)18-14-9-7-13(8-10-14)11-16-5/h7-10,16H,2,6,11H2,1,3-5H3. The van der Waals surface area contributed by atoms with Crippen LogP contribution in [-0.2, 0) is 11.3 Å². The van der Waals surface area contributed by atoms with Crippen molar-refractivity contribution in [2.75, 3.05) is 13.7 Å². The molecule has 0 bridgehead atoms. The average Bonchev–Trinajstić information content (AvgIpc) is 2.32. The lowest BCUT2D eigenvalue weighted by Crippen LogP contribution is -2.31. The number of nitrogens with one attached hydrogen (secondary N) is 1. The third kappa shape index (κ3) is 4.08. The van der Waals surface area contributed by atoms with Crippen molar-refractivity contribution < 1.29 is 9.47 Å². The molecule has 100 valence electrons. The van der Waals surface area contributed by atoms with Gasteiger partial charge in [0.25, 0.3) is 0 Å². The highest BCUT2D eigenvalue weighted by atomic mass is 16.5. The molecule has 0 unspecified atom stereocenters. The van der Waals surface area contributed by atoms with Crippen LogP contribution in [0.2, 0.25) is 0 Å². The van der Waals surface area contributed by atoms with Gasteiger partial charge in [0, 0.05) is 6.54 Å². The molecule has 0 atom stereocenters. The van der Waals surface area contributed by atoms with E-state index in [-0.39, 0.29) is 0 Å². The van der Waals surface area contributed by atoms with E-state index in [1.165, 1.54) is 5.56 Å². The Labute approximate surface area is 110 Å². The van der Waals surface area contributed by atoms with Crippen molar-refractivity contribution in [3.05, 3.63) is 42.2 Å². The fraction of sp³-hybridized carbons (Fsp3) is 0.467. The maximum atomic E-state index is 5.90. The van der Waals surface area contributed by atoms with Gasteiger partial charge in [0.05, 0.1) is 6.61 Å². The summed E-state index contributed by atoms with van der Waals surface area (Å²) < 4.78 is 11.3. The molecule has 0 aromatic heterocycles. The molecule has 0 aliphatic rings. The molecule has 1 aromatic carbocycles. The Morgan fingerprint density at radius 3 is 2.39 bits per heavy atom. The van der Waals surface area contributed by atoms with Crippen molar-refractivity contribution in [2.24, 2.45) is 0 Å². The van der Waals surface area contributed by atoms with E-state index in [0.717, 1.165) is 12.3 Å². The molecule has 0 aliphatic heterocycles. The summed E-state index contributed by atoms with van der Waals surface area (Å²) in [4.78, 5) is 0. The molecule has 0 amide bonds. The highest BCUT2D eigenvalue weighted by Gasteiger charge is 2.25. The zero-order chi connectivity index (χ0) is 13.6. The zero-order valence-electron chi connectivity index (χ0n) is 11.7. The van der Waals surface area contributed by atoms with Gasteiger partial charge >= 0.3 is 0 Å². The fourth-order valence-electron chi connectivity index (χ4n) is 1.58. The Hall–Kier alpha value is -1.48. The van der Waals surface area contributed by atoms with Gasteiger partial charge in [-0.05, 0) is 45.5 Å².